The van der Waals surface area contributed by atoms with Gasteiger partial charge in [-0.1, -0.05) is 19.3 Å². The molecule has 1 fully saturated rings. The van der Waals surface area contributed by atoms with E-state index in [9.17, 15) is 20.0 Å². The van der Waals surface area contributed by atoms with Crippen LogP contribution in [0.1, 0.15) is 42.5 Å². The van der Waals surface area contributed by atoms with Gasteiger partial charge >= 0.3 is 5.97 Å². The second-order valence-electron chi connectivity index (χ2n) is 5.43. The third-order valence-electron chi connectivity index (χ3n) is 3.84. The van der Waals surface area contributed by atoms with Gasteiger partial charge in [0.2, 0.25) is 0 Å². The van der Waals surface area contributed by atoms with Crippen LogP contribution in [0.2, 0.25) is 0 Å². The monoisotopic (exact) mass is 294 g/mol. The van der Waals surface area contributed by atoms with Crippen LogP contribution in [0.3, 0.4) is 0 Å². The minimum Gasteiger partial charge on any atom is -0.478 e. The molecule has 0 aliphatic heterocycles. The van der Waals surface area contributed by atoms with Gasteiger partial charge in [-0.15, -0.1) is 0 Å². The SMILES string of the molecule is O=C(O)c1cc([N+](=O)[O-])ccc1NCC1(O)CCCCC1. The number of hydrogen-bond acceptors (Lipinski definition) is 5. The molecule has 21 heavy (non-hydrogen) atoms. The quantitative estimate of drug-likeness (QED) is 0.567. The maximum atomic E-state index is 11.2. The second kappa shape index (κ2) is 6.09. The van der Waals surface area contributed by atoms with Crippen molar-refractivity contribution in [1.82, 2.24) is 0 Å². The Morgan fingerprint density at radius 1 is 1.33 bits per heavy atom. The Morgan fingerprint density at radius 2 is 2.00 bits per heavy atom. The molecule has 0 aromatic heterocycles. The molecule has 2 rings (SSSR count). The molecular formula is C14H18N2O5. The zero-order valence-corrected chi connectivity index (χ0v) is 11.5. The van der Waals surface area contributed by atoms with E-state index in [1.807, 2.05) is 0 Å². The smallest absolute Gasteiger partial charge is 0.338 e. The zero-order valence-electron chi connectivity index (χ0n) is 11.5. The summed E-state index contributed by atoms with van der Waals surface area (Å²) in [7, 11) is 0. The average molecular weight is 294 g/mol. The van der Waals surface area contributed by atoms with Gasteiger partial charge in [0.25, 0.3) is 5.69 Å². The zero-order chi connectivity index (χ0) is 15.5. The fourth-order valence-electron chi connectivity index (χ4n) is 2.62. The molecule has 7 heteroatoms. The molecule has 0 atom stereocenters. The van der Waals surface area contributed by atoms with Crippen molar-refractivity contribution in [1.29, 1.82) is 0 Å². The summed E-state index contributed by atoms with van der Waals surface area (Å²) < 4.78 is 0. The number of non-ortho nitro benzene ring substituents is 1. The molecule has 0 radical (unpaired) electrons. The Bertz CT molecular complexity index is 552. The van der Waals surface area contributed by atoms with E-state index in [1.165, 1.54) is 12.1 Å². The van der Waals surface area contributed by atoms with E-state index in [2.05, 4.69) is 5.32 Å². The van der Waals surface area contributed by atoms with Gasteiger partial charge in [-0.25, -0.2) is 4.79 Å². The molecule has 3 N–H and O–H groups in total. The predicted octanol–water partition coefficient (Wildman–Crippen LogP) is 2.40. The van der Waals surface area contributed by atoms with Crippen LogP contribution in [0.5, 0.6) is 0 Å². The maximum Gasteiger partial charge on any atom is 0.338 e. The van der Waals surface area contributed by atoms with E-state index in [-0.39, 0.29) is 23.5 Å². The Balaban J connectivity index is 2.15. The molecule has 1 aliphatic rings. The Hall–Kier alpha value is -2.15. The van der Waals surface area contributed by atoms with Crippen molar-refractivity contribution in [3.63, 3.8) is 0 Å². The first kappa shape index (κ1) is 15.2. The molecule has 0 amide bonds. The number of nitro groups is 1. The van der Waals surface area contributed by atoms with E-state index in [1.54, 1.807) is 0 Å². The van der Waals surface area contributed by atoms with Gasteiger partial charge in [0.15, 0.2) is 0 Å². The first-order valence-corrected chi connectivity index (χ1v) is 6.89. The van der Waals surface area contributed by atoms with Crippen LogP contribution in [0.25, 0.3) is 0 Å². The van der Waals surface area contributed by atoms with Crippen LogP contribution < -0.4 is 5.32 Å². The average Bonchev–Trinajstić information content (AvgIpc) is 2.45. The van der Waals surface area contributed by atoms with Gasteiger partial charge in [-0.05, 0) is 18.9 Å². The van der Waals surface area contributed by atoms with Crippen LogP contribution in [0, 0.1) is 10.1 Å². The molecular weight excluding hydrogens is 276 g/mol. The molecule has 1 aromatic carbocycles. The molecule has 0 saturated heterocycles. The molecule has 1 aliphatic carbocycles. The summed E-state index contributed by atoms with van der Waals surface area (Å²) in [5, 5.41) is 33.1. The van der Waals surface area contributed by atoms with Crippen molar-refractivity contribution in [2.24, 2.45) is 0 Å². The van der Waals surface area contributed by atoms with Crippen LogP contribution in [-0.2, 0) is 0 Å². The molecule has 0 heterocycles. The highest BCUT2D eigenvalue weighted by molar-refractivity contribution is 5.95. The molecule has 0 bridgehead atoms. The van der Waals surface area contributed by atoms with E-state index in [0.717, 1.165) is 25.3 Å². The van der Waals surface area contributed by atoms with E-state index < -0.39 is 16.5 Å². The Morgan fingerprint density at radius 3 is 2.57 bits per heavy atom. The summed E-state index contributed by atoms with van der Waals surface area (Å²) in [6.07, 6.45) is 4.35. The molecule has 7 nitrogen and oxygen atoms in total. The highest BCUT2D eigenvalue weighted by Crippen LogP contribution is 2.29. The van der Waals surface area contributed by atoms with Crippen LogP contribution in [0.15, 0.2) is 18.2 Å². The lowest BCUT2D eigenvalue weighted by Crippen LogP contribution is -2.39. The lowest BCUT2D eigenvalue weighted by Gasteiger charge is -2.32. The molecule has 1 saturated carbocycles. The van der Waals surface area contributed by atoms with Crippen molar-refractivity contribution in [2.45, 2.75) is 37.7 Å². The van der Waals surface area contributed by atoms with E-state index in [0.29, 0.717) is 12.8 Å². The Kier molecular flexibility index (Phi) is 4.42. The summed E-state index contributed by atoms with van der Waals surface area (Å²) in [5.74, 6) is -1.24. The largest absolute Gasteiger partial charge is 0.478 e. The number of nitrogens with zero attached hydrogens (tertiary/aromatic N) is 1. The standard InChI is InChI=1S/C14H18N2O5/c17-13(18)11-8-10(16(20)21)4-5-12(11)15-9-14(19)6-2-1-3-7-14/h4-5,8,15,19H,1-3,6-7,9H2,(H,17,18). The third-order valence-corrected chi connectivity index (χ3v) is 3.84. The number of hydrogen-bond donors (Lipinski definition) is 3. The van der Waals surface area contributed by atoms with Crippen molar-refractivity contribution in [2.75, 3.05) is 11.9 Å². The topological polar surface area (TPSA) is 113 Å². The number of carbonyl (C=O) groups is 1. The van der Waals surface area contributed by atoms with Crippen molar-refractivity contribution in [3.05, 3.63) is 33.9 Å². The van der Waals surface area contributed by atoms with Crippen molar-refractivity contribution >= 4 is 17.3 Å². The molecule has 0 unspecified atom stereocenters. The molecule has 0 spiro atoms. The summed E-state index contributed by atoms with van der Waals surface area (Å²) in [4.78, 5) is 21.3. The fraction of sp³-hybridized carbons (Fsp3) is 0.500. The number of rotatable bonds is 5. The predicted molar refractivity (Wildman–Crippen MR) is 76.6 cm³/mol. The number of carboxylic acids is 1. The molecule has 114 valence electrons. The summed E-state index contributed by atoms with van der Waals surface area (Å²) in [6, 6.07) is 3.64. The molecule has 1 aromatic rings. The van der Waals surface area contributed by atoms with Gasteiger partial charge in [0, 0.05) is 24.4 Å². The minimum atomic E-state index is -1.24. The number of nitro benzene ring substituents is 1. The number of benzene rings is 1. The van der Waals surface area contributed by atoms with Gasteiger partial charge < -0.3 is 15.5 Å². The number of carboxylic acid groups (broad SMARTS) is 1. The summed E-state index contributed by atoms with van der Waals surface area (Å²) >= 11 is 0. The minimum absolute atomic E-state index is 0.163. The second-order valence-corrected chi connectivity index (χ2v) is 5.43. The van der Waals surface area contributed by atoms with Crippen LogP contribution in [-0.4, -0.2) is 33.3 Å². The van der Waals surface area contributed by atoms with Crippen molar-refractivity contribution in [3.8, 4) is 0 Å². The van der Waals surface area contributed by atoms with Gasteiger partial charge in [-0.3, -0.25) is 10.1 Å². The summed E-state index contributed by atoms with van der Waals surface area (Å²) in [5.41, 5.74) is -0.986. The van der Waals surface area contributed by atoms with Crippen molar-refractivity contribution < 1.29 is 19.9 Å². The first-order chi connectivity index (χ1) is 9.91. The van der Waals surface area contributed by atoms with Gasteiger partial charge in [0.1, 0.15) is 0 Å². The van der Waals surface area contributed by atoms with E-state index in [4.69, 9.17) is 5.11 Å². The normalized spacial score (nSPS) is 17.2. The number of nitrogens with one attached hydrogen (secondary N) is 1. The highest BCUT2D eigenvalue weighted by Gasteiger charge is 2.29. The van der Waals surface area contributed by atoms with Gasteiger partial charge in [-0.2, -0.15) is 0 Å². The number of anilines is 1. The number of aliphatic hydroxyl groups is 1. The number of aromatic carboxylic acids is 1. The van der Waals surface area contributed by atoms with Crippen LogP contribution in [0.4, 0.5) is 11.4 Å². The fourth-order valence-corrected chi connectivity index (χ4v) is 2.62. The Labute approximate surface area is 121 Å². The maximum absolute atomic E-state index is 11.2. The summed E-state index contributed by atoms with van der Waals surface area (Å²) in [6.45, 7) is 0.241. The third kappa shape index (κ3) is 3.69. The first-order valence-electron chi connectivity index (χ1n) is 6.89. The van der Waals surface area contributed by atoms with E-state index >= 15 is 0 Å². The lowest BCUT2D eigenvalue weighted by atomic mass is 9.85. The lowest BCUT2D eigenvalue weighted by molar-refractivity contribution is -0.384. The van der Waals surface area contributed by atoms with Crippen LogP contribution >= 0.6 is 0 Å². The highest BCUT2D eigenvalue weighted by atomic mass is 16.6. The van der Waals surface area contributed by atoms with Gasteiger partial charge in [0.05, 0.1) is 16.1 Å².